The smallest absolute Gasteiger partial charge is 0.339 e. The number of methoxy groups -OCH3 is 1. The Hall–Kier alpha value is -3.76. The molecule has 0 radical (unpaired) electrons. The predicted molar refractivity (Wildman–Crippen MR) is 112 cm³/mol. The lowest BCUT2D eigenvalue weighted by Crippen LogP contribution is -2.42. The Labute approximate surface area is 182 Å². The van der Waals surface area contributed by atoms with Gasteiger partial charge >= 0.3 is 5.97 Å². The van der Waals surface area contributed by atoms with Crippen LogP contribution in [0.1, 0.15) is 31.1 Å². The van der Waals surface area contributed by atoms with E-state index in [4.69, 9.17) is 8.92 Å². The highest BCUT2D eigenvalue weighted by Gasteiger charge is 2.32. The third kappa shape index (κ3) is 3.59. The number of carbonyl (C=O) groups is 3. The lowest BCUT2D eigenvalue weighted by atomic mass is 9.94. The maximum Gasteiger partial charge on any atom is 0.339 e. The van der Waals surface area contributed by atoms with Crippen molar-refractivity contribution in [1.82, 2.24) is 4.90 Å². The van der Waals surface area contributed by atoms with Crippen LogP contribution < -0.4 is 4.74 Å². The van der Waals surface area contributed by atoms with E-state index in [1.54, 1.807) is 36.4 Å². The van der Waals surface area contributed by atoms with Gasteiger partial charge in [-0.15, -0.1) is 0 Å². The van der Waals surface area contributed by atoms with Gasteiger partial charge in [-0.1, -0.05) is 24.3 Å². The van der Waals surface area contributed by atoms with Crippen LogP contribution in [0.25, 0.3) is 10.8 Å². The van der Waals surface area contributed by atoms with Gasteiger partial charge in [0.2, 0.25) is 0 Å². The molecule has 0 aliphatic carbocycles. The number of amides is 2. The molecule has 3 aromatic carbocycles. The Morgan fingerprint density at radius 2 is 1.62 bits per heavy atom. The van der Waals surface area contributed by atoms with Crippen molar-refractivity contribution >= 4 is 38.7 Å². The number of aromatic carboxylic acids is 1. The SMILES string of the molecule is COc1ccc(S(=O)(=O)OCCN2C(=O)c3cccc4cccc(c34)C2=O)cc1C(=O)O. The van der Waals surface area contributed by atoms with Crippen molar-refractivity contribution < 1.29 is 36.8 Å². The molecule has 1 N–H and O–H groups in total. The highest BCUT2D eigenvalue weighted by atomic mass is 32.2. The van der Waals surface area contributed by atoms with Crippen molar-refractivity contribution in [3.8, 4) is 5.75 Å². The molecule has 0 spiro atoms. The summed E-state index contributed by atoms with van der Waals surface area (Å²) in [5.74, 6) is -2.46. The number of carbonyl (C=O) groups excluding carboxylic acids is 2. The first-order valence-corrected chi connectivity index (χ1v) is 10.8. The summed E-state index contributed by atoms with van der Waals surface area (Å²) < 4.78 is 34.9. The fourth-order valence-electron chi connectivity index (χ4n) is 3.60. The van der Waals surface area contributed by atoms with Crippen LogP contribution in [0, 0.1) is 0 Å². The van der Waals surface area contributed by atoms with E-state index in [2.05, 4.69) is 0 Å². The van der Waals surface area contributed by atoms with E-state index < -0.39 is 34.5 Å². The van der Waals surface area contributed by atoms with Gasteiger partial charge in [0, 0.05) is 16.5 Å². The number of carboxylic acid groups (broad SMARTS) is 1. The molecule has 1 aliphatic heterocycles. The minimum absolute atomic E-state index is 0.00574. The van der Waals surface area contributed by atoms with Gasteiger partial charge in [-0.25, -0.2) is 4.79 Å². The molecule has 0 fully saturated rings. The first-order valence-electron chi connectivity index (χ1n) is 9.43. The minimum Gasteiger partial charge on any atom is -0.496 e. The number of rotatable bonds is 7. The number of carboxylic acids is 1. The van der Waals surface area contributed by atoms with Crippen molar-refractivity contribution in [3.63, 3.8) is 0 Å². The van der Waals surface area contributed by atoms with Crippen molar-refractivity contribution in [2.45, 2.75) is 4.90 Å². The Morgan fingerprint density at radius 3 is 2.19 bits per heavy atom. The zero-order valence-corrected chi connectivity index (χ0v) is 17.6. The molecule has 4 rings (SSSR count). The van der Waals surface area contributed by atoms with E-state index in [1.807, 2.05) is 0 Å². The number of imide groups is 1. The normalized spacial score (nSPS) is 13.5. The number of hydrogen-bond donors (Lipinski definition) is 1. The van der Waals surface area contributed by atoms with Crippen LogP contribution in [0.15, 0.2) is 59.5 Å². The first-order chi connectivity index (χ1) is 15.2. The molecule has 9 nitrogen and oxygen atoms in total. The van der Waals surface area contributed by atoms with Crippen LogP contribution in [0.2, 0.25) is 0 Å². The van der Waals surface area contributed by atoms with E-state index in [-0.39, 0.29) is 22.8 Å². The van der Waals surface area contributed by atoms with Crippen molar-refractivity contribution in [2.75, 3.05) is 20.3 Å². The molecule has 0 aromatic heterocycles. The zero-order chi connectivity index (χ0) is 23.0. The molecule has 1 aliphatic rings. The van der Waals surface area contributed by atoms with E-state index in [0.717, 1.165) is 22.4 Å². The summed E-state index contributed by atoms with van der Waals surface area (Å²) in [6.07, 6.45) is 0. The highest BCUT2D eigenvalue weighted by molar-refractivity contribution is 7.86. The van der Waals surface area contributed by atoms with Gasteiger partial charge in [-0.2, -0.15) is 8.42 Å². The third-order valence-electron chi connectivity index (χ3n) is 5.10. The lowest BCUT2D eigenvalue weighted by molar-refractivity contribution is 0.0586. The van der Waals surface area contributed by atoms with Crippen LogP contribution in [0.5, 0.6) is 5.75 Å². The molecule has 1 heterocycles. The summed E-state index contributed by atoms with van der Waals surface area (Å²) >= 11 is 0. The number of benzene rings is 3. The molecular weight excluding hydrogens is 438 g/mol. The van der Waals surface area contributed by atoms with Gasteiger partial charge in [0.15, 0.2) is 0 Å². The van der Waals surface area contributed by atoms with Gasteiger partial charge < -0.3 is 9.84 Å². The summed E-state index contributed by atoms with van der Waals surface area (Å²) in [6, 6.07) is 13.5. The Balaban J connectivity index is 1.54. The Kier molecular flexibility index (Phi) is 5.41. The van der Waals surface area contributed by atoms with Gasteiger partial charge in [-0.3, -0.25) is 18.7 Å². The fraction of sp³-hybridized carbons (Fsp3) is 0.136. The second-order valence-corrected chi connectivity index (χ2v) is 8.53. The van der Waals surface area contributed by atoms with Gasteiger partial charge in [0.05, 0.1) is 25.2 Å². The molecule has 0 unspecified atom stereocenters. The van der Waals surface area contributed by atoms with Gasteiger partial charge in [0.1, 0.15) is 11.3 Å². The fourth-order valence-corrected chi connectivity index (χ4v) is 4.53. The average Bonchev–Trinajstić information content (AvgIpc) is 2.79. The summed E-state index contributed by atoms with van der Waals surface area (Å²) in [6.45, 7) is -0.796. The van der Waals surface area contributed by atoms with Crippen LogP contribution in [-0.2, 0) is 14.3 Å². The monoisotopic (exact) mass is 455 g/mol. The predicted octanol–water partition coefficient (Wildman–Crippen LogP) is 2.55. The van der Waals surface area contributed by atoms with Gasteiger partial charge in [-0.05, 0) is 35.7 Å². The molecule has 0 atom stereocenters. The quantitative estimate of drug-likeness (QED) is 0.425. The van der Waals surface area contributed by atoms with Crippen LogP contribution in [-0.4, -0.2) is 56.5 Å². The topological polar surface area (TPSA) is 127 Å². The largest absolute Gasteiger partial charge is 0.496 e. The summed E-state index contributed by atoms with van der Waals surface area (Å²) in [5, 5.41) is 10.6. The zero-order valence-electron chi connectivity index (χ0n) is 16.8. The van der Waals surface area contributed by atoms with Crippen molar-refractivity contribution in [1.29, 1.82) is 0 Å². The van der Waals surface area contributed by atoms with Crippen LogP contribution in [0.3, 0.4) is 0 Å². The first kappa shape index (κ1) is 21.5. The maximum absolute atomic E-state index is 12.9. The minimum atomic E-state index is -4.35. The summed E-state index contributed by atoms with van der Waals surface area (Å²) in [4.78, 5) is 37.6. The molecule has 0 saturated heterocycles. The second-order valence-electron chi connectivity index (χ2n) is 6.91. The number of ether oxygens (including phenoxy) is 1. The molecule has 0 saturated carbocycles. The van der Waals surface area contributed by atoms with E-state index in [0.29, 0.717) is 16.5 Å². The molecule has 2 amide bonds. The van der Waals surface area contributed by atoms with Crippen molar-refractivity contribution in [3.05, 3.63) is 71.3 Å². The molecule has 32 heavy (non-hydrogen) atoms. The number of hydrogen-bond acceptors (Lipinski definition) is 7. The van der Waals surface area contributed by atoms with Crippen LogP contribution in [0.4, 0.5) is 0 Å². The Bertz CT molecular complexity index is 1330. The van der Waals surface area contributed by atoms with Gasteiger partial charge in [0.25, 0.3) is 21.9 Å². The standard InChI is InChI=1S/C22H17NO8S/c1-30-18-9-8-14(12-17(18)22(26)27)32(28,29)31-11-10-23-20(24)15-6-2-4-13-5-3-7-16(19(13)15)21(23)25/h2-9,12H,10-11H2,1H3,(H,26,27). The highest BCUT2D eigenvalue weighted by Crippen LogP contribution is 2.30. The molecule has 164 valence electrons. The molecular formula is C22H17NO8S. The van der Waals surface area contributed by atoms with E-state index in [1.165, 1.54) is 13.2 Å². The summed E-state index contributed by atoms with van der Waals surface area (Å²) in [5.41, 5.74) is 0.354. The molecule has 10 heteroatoms. The Morgan fingerprint density at radius 1 is 1.00 bits per heavy atom. The average molecular weight is 455 g/mol. The second kappa shape index (κ2) is 8.06. The number of nitrogens with zero attached hydrogens (tertiary/aromatic N) is 1. The third-order valence-corrected chi connectivity index (χ3v) is 6.41. The van der Waals surface area contributed by atoms with E-state index >= 15 is 0 Å². The van der Waals surface area contributed by atoms with Crippen molar-refractivity contribution in [2.24, 2.45) is 0 Å². The maximum atomic E-state index is 12.9. The van der Waals surface area contributed by atoms with Crippen LogP contribution >= 0.6 is 0 Å². The summed E-state index contributed by atoms with van der Waals surface area (Å²) in [7, 11) is -3.08. The van der Waals surface area contributed by atoms with E-state index in [9.17, 15) is 27.9 Å². The molecule has 3 aromatic rings. The molecule has 0 bridgehead atoms. The lowest BCUT2D eigenvalue weighted by Gasteiger charge is -2.26.